The molecule has 0 N–H and O–H groups in total. The summed E-state index contributed by atoms with van der Waals surface area (Å²) in [4.78, 5) is 2.12. The molecule has 1 aromatic carbocycles. The first-order valence-electron chi connectivity index (χ1n) is 6.10. The summed E-state index contributed by atoms with van der Waals surface area (Å²) in [6, 6.07) is 7.06. The van der Waals surface area contributed by atoms with E-state index in [0.29, 0.717) is 18.1 Å². The lowest BCUT2D eigenvalue weighted by Gasteiger charge is -2.30. The van der Waals surface area contributed by atoms with E-state index < -0.39 is 10.0 Å². The van der Waals surface area contributed by atoms with E-state index in [1.807, 2.05) is 7.05 Å². The predicted octanol–water partition coefficient (Wildman–Crippen LogP) is 1.89. The van der Waals surface area contributed by atoms with Gasteiger partial charge in [0.05, 0.1) is 0 Å². The van der Waals surface area contributed by atoms with Gasteiger partial charge in [0.25, 0.3) is 0 Å². The third kappa shape index (κ3) is 4.04. The number of halogens is 1. The number of sulfonamides is 1. The smallest absolute Gasteiger partial charge is 0.236 e. The molecule has 4 nitrogen and oxygen atoms in total. The van der Waals surface area contributed by atoms with Crippen LogP contribution in [-0.2, 0) is 10.0 Å². The molecular weight excluding hydrogens is 284 g/mol. The van der Waals surface area contributed by atoms with Gasteiger partial charge in [0, 0.05) is 36.6 Å². The van der Waals surface area contributed by atoms with Crippen LogP contribution in [0.3, 0.4) is 0 Å². The van der Waals surface area contributed by atoms with Crippen LogP contribution in [0, 0.1) is 0 Å². The maximum absolute atomic E-state index is 12.1. The van der Waals surface area contributed by atoms with Crippen molar-refractivity contribution >= 4 is 27.7 Å². The quantitative estimate of drug-likeness (QED) is 0.856. The van der Waals surface area contributed by atoms with E-state index in [-0.39, 0.29) is 0 Å². The van der Waals surface area contributed by atoms with Crippen LogP contribution in [-0.4, -0.2) is 50.8 Å². The maximum atomic E-state index is 12.1. The zero-order valence-corrected chi connectivity index (χ0v) is 12.4. The van der Waals surface area contributed by atoms with Crippen molar-refractivity contribution in [3.8, 4) is 0 Å². The van der Waals surface area contributed by atoms with Gasteiger partial charge < -0.3 is 4.90 Å². The molecule has 0 amide bonds. The van der Waals surface area contributed by atoms with E-state index in [0.717, 1.165) is 18.7 Å². The van der Waals surface area contributed by atoms with E-state index in [1.54, 1.807) is 30.3 Å². The molecule has 0 unspecified atom stereocenters. The second-order valence-electron chi connectivity index (χ2n) is 4.60. The molecule has 0 saturated carbocycles. The van der Waals surface area contributed by atoms with Gasteiger partial charge in [-0.1, -0.05) is 23.7 Å². The Morgan fingerprint density at radius 2 is 1.68 bits per heavy atom. The average molecular weight is 301 g/mol. The van der Waals surface area contributed by atoms with Crippen molar-refractivity contribution in [3.63, 3.8) is 0 Å². The summed E-state index contributed by atoms with van der Waals surface area (Å²) in [7, 11) is -1.33. The number of rotatable bonds is 3. The number of likely N-dealkylation sites (N-methyl/N-ethyl adjacent to an activating group) is 1. The maximum Gasteiger partial charge on any atom is 0.236 e. The molecule has 6 heteroatoms. The van der Waals surface area contributed by atoms with Crippen molar-refractivity contribution in [3.05, 3.63) is 40.3 Å². The van der Waals surface area contributed by atoms with Crippen molar-refractivity contribution in [2.24, 2.45) is 0 Å². The van der Waals surface area contributed by atoms with E-state index in [2.05, 4.69) is 4.90 Å². The van der Waals surface area contributed by atoms with Crippen molar-refractivity contribution in [2.45, 2.75) is 0 Å². The van der Waals surface area contributed by atoms with Crippen LogP contribution in [0.2, 0.25) is 5.02 Å². The lowest BCUT2D eigenvalue weighted by Crippen LogP contribution is -2.46. The Balaban J connectivity index is 2.06. The second-order valence-corrected chi connectivity index (χ2v) is 6.86. The van der Waals surface area contributed by atoms with Gasteiger partial charge >= 0.3 is 0 Å². The molecule has 0 spiro atoms. The number of benzene rings is 1. The highest BCUT2D eigenvalue weighted by molar-refractivity contribution is 7.92. The Bertz CT molecular complexity index is 547. The SMILES string of the molecule is CN1CCN(S(=O)(=O)/C=C/c2ccc(Cl)cc2)CC1. The summed E-state index contributed by atoms with van der Waals surface area (Å²) in [6.45, 7) is 2.63. The summed E-state index contributed by atoms with van der Waals surface area (Å²) in [5, 5.41) is 1.90. The van der Waals surface area contributed by atoms with Gasteiger partial charge in [-0.15, -0.1) is 0 Å². The van der Waals surface area contributed by atoms with Crippen LogP contribution in [0.15, 0.2) is 29.7 Å². The van der Waals surface area contributed by atoms with Crippen LogP contribution in [0.25, 0.3) is 6.08 Å². The topological polar surface area (TPSA) is 40.6 Å². The van der Waals surface area contributed by atoms with Crippen LogP contribution >= 0.6 is 11.6 Å². The largest absolute Gasteiger partial charge is 0.304 e. The third-order valence-corrected chi connectivity index (χ3v) is 4.94. The molecule has 104 valence electrons. The summed E-state index contributed by atoms with van der Waals surface area (Å²) >= 11 is 5.78. The zero-order valence-electron chi connectivity index (χ0n) is 10.8. The predicted molar refractivity (Wildman–Crippen MR) is 78.5 cm³/mol. The minimum absolute atomic E-state index is 0.545. The summed E-state index contributed by atoms with van der Waals surface area (Å²) in [5.41, 5.74) is 0.821. The number of hydrogen-bond acceptors (Lipinski definition) is 3. The number of piperazine rings is 1. The van der Waals surface area contributed by atoms with Crippen molar-refractivity contribution in [1.29, 1.82) is 0 Å². The minimum Gasteiger partial charge on any atom is -0.304 e. The van der Waals surface area contributed by atoms with Gasteiger partial charge in [-0.25, -0.2) is 8.42 Å². The lowest BCUT2D eigenvalue weighted by molar-refractivity contribution is 0.224. The molecule has 0 atom stereocenters. The van der Waals surface area contributed by atoms with Gasteiger partial charge in [-0.05, 0) is 30.8 Å². The Labute approximate surface area is 119 Å². The lowest BCUT2D eigenvalue weighted by atomic mass is 10.2. The van der Waals surface area contributed by atoms with Gasteiger partial charge in [0.1, 0.15) is 0 Å². The molecule has 1 aromatic rings. The molecule has 1 saturated heterocycles. The highest BCUT2D eigenvalue weighted by Crippen LogP contribution is 2.13. The highest BCUT2D eigenvalue weighted by Gasteiger charge is 2.23. The fourth-order valence-electron chi connectivity index (χ4n) is 1.87. The molecule has 0 bridgehead atoms. The van der Waals surface area contributed by atoms with E-state index >= 15 is 0 Å². The molecule has 1 aliphatic rings. The Morgan fingerprint density at radius 1 is 1.11 bits per heavy atom. The first-order valence-corrected chi connectivity index (χ1v) is 7.98. The van der Waals surface area contributed by atoms with E-state index in [9.17, 15) is 8.42 Å². The van der Waals surface area contributed by atoms with Crippen molar-refractivity contribution in [1.82, 2.24) is 9.21 Å². The van der Waals surface area contributed by atoms with Crippen LogP contribution < -0.4 is 0 Å². The summed E-state index contributed by atoms with van der Waals surface area (Å²) < 4.78 is 25.8. The monoisotopic (exact) mass is 300 g/mol. The number of nitrogens with zero attached hydrogens (tertiary/aromatic N) is 2. The fraction of sp³-hybridized carbons (Fsp3) is 0.385. The Kier molecular flexibility index (Phi) is 4.62. The molecule has 0 aliphatic carbocycles. The molecule has 1 fully saturated rings. The summed E-state index contributed by atoms with van der Waals surface area (Å²) in [5.74, 6) is 0. The number of hydrogen-bond donors (Lipinski definition) is 0. The zero-order chi connectivity index (χ0) is 13.9. The minimum atomic E-state index is -3.32. The second kappa shape index (κ2) is 6.05. The van der Waals surface area contributed by atoms with E-state index in [4.69, 9.17) is 11.6 Å². The third-order valence-electron chi connectivity index (χ3n) is 3.12. The first-order chi connectivity index (χ1) is 8.97. The first kappa shape index (κ1) is 14.5. The molecule has 1 aliphatic heterocycles. The van der Waals surface area contributed by atoms with Crippen LogP contribution in [0.4, 0.5) is 0 Å². The van der Waals surface area contributed by atoms with Gasteiger partial charge in [-0.3, -0.25) is 0 Å². The fourth-order valence-corrected chi connectivity index (χ4v) is 3.17. The summed E-state index contributed by atoms with van der Waals surface area (Å²) in [6.07, 6.45) is 1.60. The average Bonchev–Trinajstić information content (AvgIpc) is 2.39. The van der Waals surface area contributed by atoms with E-state index in [1.165, 1.54) is 9.71 Å². The molecule has 19 heavy (non-hydrogen) atoms. The van der Waals surface area contributed by atoms with Gasteiger partial charge in [0.2, 0.25) is 10.0 Å². The molecule has 0 radical (unpaired) electrons. The van der Waals surface area contributed by atoms with Crippen molar-refractivity contribution < 1.29 is 8.42 Å². The Morgan fingerprint density at radius 3 is 2.26 bits per heavy atom. The Hall–Kier alpha value is -0.880. The van der Waals surface area contributed by atoms with Crippen LogP contribution in [0.5, 0.6) is 0 Å². The normalized spacial score (nSPS) is 19.1. The molecular formula is C13H17ClN2O2S. The molecule has 1 heterocycles. The van der Waals surface area contributed by atoms with Crippen LogP contribution in [0.1, 0.15) is 5.56 Å². The standard InChI is InChI=1S/C13H17ClN2O2S/c1-15-7-9-16(10-8-15)19(17,18)11-6-12-2-4-13(14)5-3-12/h2-6,11H,7-10H2,1H3/b11-6+. The van der Waals surface area contributed by atoms with Gasteiger partial charge in [0.15, 0.2) is 0 Å². The van der Waals surface area contributed by atoms with Crippen molar-refractivity contribution in [2.75, 3.05) is 33.2 Å². The molecule has 2 rings (SSSR count). The van der Waals surface area contributed by atoms with Gasteiger partial charge in [-0.2, -0.15) is 4.31 Å². The molecule has 0 aromatic heterocycles. The highest BCUT2D eigenvalue weighted by atomic mass is 35.5.